The first kappa shape index (κ1) is 16.2. The normalized spacial score (nSPS) is 44.3. The first-order chi connectivity index (χ1) is 10.1. The predicted octanol–water partition coefficient (Wildman–Crippen LogP) is 4.52. The molecule has 0 aromatic heterocycles. The van der Waals surface area contributed by atoms with Crippen LogP contribution < -0.4 is 0 Å². The molecule has 0 spiro atoms. The number of rotatable bonds is 1. The van der Waals surface area contributed by atoms with Crippen molar-refractivity contribution < 1.29 is 9.90 Å². The third kappa shape index (κ3) is 2.21. The van der Waals surface area contributed by atoms with Crippen LogP contribution in [0.25, 0.3) is 0 Å². The van der Waals surface area contributed by atoms with Gasteiger partial charge in [0.2, 0.25) is 0 Å². The second kappa shape index (κ2) is 4.93. The minimum Gasteiger partial charge on any atom is -0.386 e. The van der Waals surface area contributed by atoms with Gasteiger partial charge in [0.25, 0.3) is 0 Å². The van der Waals surface area contributed by atoms with Gasteiger partial charge in [0, 0.05) is 6.42 Å². The van der Waals surface area contributed by atoms with Crippen molar-refractivity contribution in [1.29, 1.82) is 0 Å². The molecule has 0 aromatic carbocycles. The molecule has 2 nitrogen and oxygen atoms in total. The van der Waals surface area contributed by atoms with Crippen molar-refractivity contribution >= 4 is 5.78 Å². The maximum Gasteiger partial charge on any atom is 0.159 e. The number of hydrogen-bond acceptors (Lipinski definition) is 2. The third-order valence-electron chi connectivity index (χ3n) is 7.40. The van der Waals surface area contributed by atoms with Gasteiger partial charge in [-0.2, -0.15) is 0 Å². The van der Waals surface area contributed by atoms with Gasteiger partial charge in [-0.05, 0) is 65.9 Å². The molecular weight excluding hydrogens is 272 g/mol. The van der Waals surface area contributed by atoms with E-state index in [1.807, 2.05) is 6.08 Å². The fourth-order valence-electron chi connectivity index (χ4n) is 5.78. The van der Waals surface area contributed by atoms with Crippen LogP contribution in [-0.2, 0) is 4.79 Å². The van der Waals surface area contributed by atoms with Crippen LogP contribution in [0.3, 0.4) is 0 Å². The average molecular weight is 304 g/mol. The summed E-state index contributed by atoms with van der Waals surface area (Å²) in [5.41, 5.74) is 0.674. The summed E-state index contributed by atoms with van der Waals surface area (Å²) in [6.45, 7) is 11.2. The Labute approximate surface area is 135 Å². The summed E-state index contributed by atoms with van der Waals surface area (Å²) in [4.78, 5) is 12.8. The number of aliphatic hydroxyl groups is 1. The summed E-state index contributed by atoms with van der Waals surface area (Å²) >= 11 is 0. The smallest absolute Gasteiger partial charge is 0.159 e. The Morgan fingerprint density at radius 2 is 1.86 bits per heavy atom. The molecule has 0 amide bonds. The molecule has 2 saturated carbocycles. The van der Waals surface area contributed by atoms with Crippen LogP contribution in [-0.4, -0.2) is 16.5 Å². The Bertz CT molecular complexity index is 516. The van der Waals surface area contributed by atoms with Crippen LogP contribution >= 0.6 is 0 Å². The van der Waals surface area contributed by atoms with E-state index in [0.717, 1.165) is 18.4 Å². The molecule has 0 heterocycles. The van der Waals surface area contributed by atoms with Gasteiger partial charge >= 0.3 is 0 Å². The Morgan fingerprint density at radius 3 is 2.50 bits per heavy atom. The van der Waals surface area contributed by atoms with Crippen LogP contribution in [0.2, 0.25) is 0 Å². The Kier molecular flexibility index (Phi) is 3.64. The van der Waals surface area contributed by atoms with Crippen molar-refractivity contribution in [1.82, 2.24) is 0 Å². The number of fused-ring (bicyclic) bond motifs is 3. The molecule has 0 unspecified atom stereocenters. The van der Waals surface area contributed by atoms with E-state index in [0.29, 0.717) is 24.0 Å². The van der Waals surface area contributed by atoms with Gasteiger partial charge in [-0.1, -0.05) is 41.0 Å². The minimum absolute atomic E-state index is 0.169. The molecule has 3 aliphatic rings. The molecule has 0 aromatic rings. The summed E-state index contributed by atoms with van der Waals surface area (Å²) in [5, 5.41) is 10.9. The minimum atomic E-state index is -0.783. The van der Waals surface area contributed by atoms with Gasteiger partial charge in [0.15, 0.2) is 5.78 Å². The molecule has 0 aliphatic heterocycles. The van der Waals surface area contributed by atoms with E-state index < -0.39 is 5.60 Å². The maximum atomic E-state index is 12.8. The lowest BCUT2D eigenvalue weighted by molar-refractivity contribution is -0.132. The molecule has 1 N–H and O–H groups in total. The lowest BCUT2D eigenvalue weighted by Crippen LogP contribution is -2.54. The van der Waals surface area contributed by atoms with E-state index in [1.165, 1.54) is 19.3 Å². The van der Waals surface area contributed by atoms with Gasteiger partial charge in [-0.3, -0.25) is 4.79 Å². The number of carbonyl (C=O) groups excluding carboxylic acids is 1. The highest BCUT2D eigenvalue weighted by atomic mass is 16.3. The van der Waals surface area contributed by atoms with Crippen LogP contribution in [0.1, 0.15) is 73.1 Å². The fourth-order valence-corrected chi connectivity index (χ4v) is 5.78. The van der Waals surface area contributed by atoms with Gasteiger partial charge in [-0.15, -0.1) is 0 Å². The van der Waals surface area contributed by atoms with E-state index in [9.17, 15) is 9.90 Å². The Balaban J connectivity index is 2.03. The highest BCUT2D eigenvalue weighted by molar-refractivity contribution is 5.97. The third-order valence-corrected chi connectivity index (χ3v) is 7.40. The molecule has 0 saturated heterocycles. The highest BCUT2D eigenvalue weighted by Gasteiger charge is 2.57. The summed E-state index contributed by atoms with van der Waals surface area (Å²) in [5.74, 6) is 1.33. The van der Waals surface area contributed by atoms with Gasteiger partial charge in [0.05, 0.1) is 5.60 Å². The van der Waals surface area contributed by atoms with Crippen molar-refractivity contribution in [3.05, 3.63) is 11.6 Å². The molecule has 0 radical (unpaired) electrons. The van der Waals surface area contributed by atoms with Gasteiger partial charge in [0.1, 0.15) is 0 Å². The maximum absolute atomic E-state index is 12.8. The quantitative estimate of drug-likeness (QED) is 0.773. The largest absolute Gasteiger partial charge is 0.386 e. The van der Waals surface area contributed by atoms with E-state index in [-0.39, 0.29) is 16.7 Å². The lowest BCUT2D eigenvalue weighted by Gasteiger charge is -2.59. The van der Waals surface area contributed by atoms with Crippen LogP contribution in [0.5, 0.6) is 0 Å². The van der Waals surface area contributed by atoms with Crippen LogP contribution in [0, 0.1) is 28.6 Å². The molecule has 0 bridgehead atoms. The molecule has 2 fully saturated rings. The van der Waals surface area contributed by atoms with Gasteiger partial charge < -0.3 is 5.11 Å². The zero-order chi connectivity index (χ0) is 16.3. The topological polar surface area (TPSA) is 37.3 Å². The van der Waals surface area contributed by atoms with E-state index in [1.54, 1.807) is 0 Å². The van der Waals surface area contributed by atoms with Crippen molar-refractivity contribution in [2.75, 3.05) is 0 Å². The second-order valence-corrected chi connectivity index (χ2v) is 9.36. The standard InChI is InChI=1S/C20H32O2/c1-13(2)20(22)10-7-15-14(12-20)16(21)11-17-18(3,4)8-6-9-19(15,17)5/h12-13,15,17,22H,6-11H2,1-5H3/t15-,17-,19+,20-/m1/s1. The molecule has 2 heteroatoms. The number of carbonyl (C=O) groups is 1. The van der Waals surface area contributed by atoms with E-state index in [2.05, 4.69) is 34.6 Å². The van der Waals surface area contributed by atoms with Crippen molar-refractivity contribution in [3.8, 4) is 0 Å². The number of hydrogen-bond donors (Lipinski definition) is 1. The monoisotopic (exact) mass is 304 g/mol. The predicted molar refractivity (Wildman–Crippen MR) is 89.4 cm³/mol. The second-order valence-electron chi connectivity index (χ2n) is 9.36. The highest BCUT2D eigenvalue weighted by Crippen LogP contribution is 2.62. The molecule has 22 heavy (non-hydrogen) atoms. The van der Waals surface area contributed by atoms with Crippen molar-refractivity contribution in [2.24, 2.45) is 28.6 Å². The number of allylic oxidation sites excluding steroid dienone is 1. The first-order valence-electron chi connectivity index (χ1n) is 9.08. The first-order valence-corrected chi connectivity index (χ1v) is 9.08. The Morgan fingerprint density at radius 1 is 1.18 bits per heavy atom. The summed E-state index contributed by atoms with van der Waals surface area (Å²) in [7, 11) is 0. The SMILES string of the molecule is CC(C)[C@]1(O)C=C2C(=O)C[C@@H]3C(C)(C)CCC[C@@]3(C)[C@@H]2CC1. The lowest BCUT2D eigenvalue weighted by atomic mass is 9.45. The van der Waals surface area contributed by atoms with Crippen molar-refractivity contribution in [3.63, 3.8) is 0 Å². The summed E-state index contributed by atoms with van der Waals surface area (Å²) < 4.78 is 0. The zero-order valence-corrected chi connectivity index (χ0v) is 14.9. The number of ketones is 1. The Hall–Kier alpha value is -0.630. The van der Waals surface area contributed by atoms with Crippen LogP contribution in [0.4, 0.5) is 0 Å². The van der Waals surface area contributed by atoms with Crippen molar-refractivity contribution in [2.45, 2.75) is 78.7 Å². The number of Topliss-reactive ketones (excluding diaryl/α,β-unsaturated/α-hetero) is 1. The molecule has 4 atom stereocenters. The average Bonchev–Trinajstić information content (AvgIpc) is 2.41. The summed E-state index contributed by atoms with van der Waals surface area (Å²) in [6.07, 6.45) is 8.15. The fraction of sp³-hybridized carbons (Fsp3) is 0.850. The van der Waals surface area contributed by atoms with Crippen LogP contribution in [0.15, 0.2) is 11.6 Å². The van der Waals surface area contributed by atoms with E-state index >= 15 is 0 Å². The molecule has 124 valence electrons. The molecule has 3 aliphatic carbocycles. The molecule has 3 rings (SSSR count). The van der Waals surface area contributed by atoms with E-state index in [4.69, 9.17) is 0 Å². The summed E-state index contributed by atoms with van der Waals surface area (Å²) in [6, 6.07) is 0. The molecular formula is C20H32O2. The van der Waals surface area contributed by atoms with Gasteiger partial charge in [-0.25, -0.2) is 0 Å². The zero-order valence-electron chi connectivity index (χ0n) is 14.9.